The highest BCUT2D eigenvalue weighted by Crippen LogP contribution is 2.06. The number of carbonyl (C=O) groups excluding carboxylic acids is 1. The molecule has 0 bridgehead atoms. The van der Waals surface area contributed by atoms with Crippen molar-refractivity contribution in [3.63, 3.8) is 0 Å². The topological polar surface area (TPSA) is 88.0 Å². The van der Waals surface area contributed by atoms with Gasteiger partial charge in [-0.2, -0.15) is 0 Å². The molecule has 102 valence electrons. The molecule has 0 heterocycles. The molecule has 0 aliphatic heterocycles. The first kappa shape index (κ1) is 16.1. The summed E-state index contributed by atoms with van der Waals surface area (Å²) >= 11 is 0. The molecule has 0 saturated heterocycles. The van der Waals surface area contributed by atoms with Gasteiger partial charge in [-0.05, 0) is 27.2 Å². The molecule has 0 aromatic carbocycles. The Morgan fingerprint density at radius 2 is 1.88 bits per heavy atom. The van der Waals surface area contributed by atoms with Crippen LogP contribution in [0.15, 0.2) is 0 Å². The summed E-state index contributed by atoms with van der Waals surface area (Å²) in [6, 6.07) is 0. The zero-order valence-corrected chi connectivity index (χ0v) is 10.7. The normalized spacial score (nSPS) is 11.6. The number of aliphatic hydroxyl groups excluding tert-OH is 2. The Labute approximate surface area is 102 Å². The van der Waals surface area contributed by atoms with Crippen molar-refractivity contribution in [3.8, 4) is 0 Å². The van der Waals surface area contributed by atoms with E-state index >= 15 is 0 Å². The Balaban J connectivity index is 3.49. The fraction of sp³-hybridized carbons (Fsp3) is 0.909. The first-order valence-electron chi connectivity index (χ1n) is 5.69. The van der Waals surface area contributed by atoms with Crippen LogP contribution in [0.3, 0.4) is 0 Å². The van der Waals surface area contributed by atoms with Gasteiger partial charge >= 0.3 is 6.09 Å². The van der Waals surface area contributed by atoms with Crippen molar-refractivity contribution in [3.05, 3.63) is 0 Å². The van der Waals surface area contributed by atoms with Crippen LogP contribution in [0.2, 0.25) is 0 Å². The Bertz CT molecular complexity index is 210. The number of hydrogen-bond donors (Lipinski definition) is 3. The number of amides is 1. The zero-order valence-electron chi connectivity index (χ0n) is 10.7. The largest absolute Gasteiger partial charge is 0.444 e. The lowest BCUT2D eigenvalue weighted by Crippen LogP contribution is -2.33. The van der Waals surface area contributed by atoms with Gasteiger partial charge in [0.25, 0.3) is 0 Å². The van der Waals surface area contributed by atoms with Crippen molar-refractivity contribution >= 4 is 6.09 Å². The summed E-state index contributed by atoms with van der Waals surface area (Å²) in [5, 5.41) is 20.0. The number of aliphatic hydroxyl groups is 2. The minimum atomic E-state index is -0.545. The van der Waals surface area contributed by atoms with Gasteiger partial charge in [-0.3, -0.25) is 0 Å². The molecule has 0 aromatic heterocycles. The maximum absolute atomic E-state index is 11.2. The van der Waals surface area contributed by atoms with E-state index in [1.165, 1.54) is 0 Å². The van der Waals surface area contributed by atoms with Crippen molar-refractivity contribution < 1.29 is 24.5 Å². The van der Waals surface area contributed by atoms with Crippen LogP contribution in [-0.2, 0) is 9.47 Å². The summed E-state index contributed by atoms with van der Waals surface area (Å²) in [6.45, 7) is 5.75. The molecule has 0 spiro atoms. The number of ether oxygens (including phenoxy) is 2. The van der Waals surface area contributed by atoms with Gasteiger partial charge in [0.2, 0.25) is 0 Å². The molecule has 0 atom stereocenters. The van der Waals surface area contributed by atoms with Gasteiger partial charge in [0.05, 0.1) is 13.2 Å². The third-order valence-corrected chi connectivity index (χ3v) is 1.75. The van der Waals surface area contributed by atoms with E-state index in [1.807, 2.05) is 0 Å². The molecule has 17 heavy (non-hydrogen) atoms. The highest BCUT2D eigenvalue weighted by Gasteiger charge is 2.15. The Kier molecular flexibility index (Phi) is 7.86. The highest BCUT2D eigenvalue weighted by molar-refractivity contribution is 5.67. The van der Waals surface area contributed by atoms with Crippen LogP contribution < -0.4 is 5.32 Å². The minimum Gasteiger partial charge on any atom is -0.444 e. The maximum Gasteiger partial charge on any atom is 0.407 e. The van der Waals surface area contributed by atoms with Crippen molar-refractivity contribution in [1.82, 2.24) is 5.32 Å². The summed E-state index contributed by atoms with van der Waals surface area (Å²) in [7, 11) is 0. The second kappa shape index (κ2) is 8.27. The average molecular weight is 249 g/mol. The first-order chi connectivity index (χ1) is 7.89. The third-order valence-electron chi connectivity index (χ3n) is 1.75. The molecule has 0 unspecified atom stereocenters. The molecular weight excluding hydrogens is 226 g/mol. The first-order valence-corrected chi connectivity index (χ1v) is 5.69. The second-order valence-corrected chi connectivity index (χ2v) is 4.64. The molecule has 6 nitrogen and oxygen atoms in total. The number of carbonyl (C=O) groups is 1. The number of hydrogen-bond acceptors (Lipinski definition) is 5. The van der Waals surface area contributed by atoms with Crippen LogP contribution in [0.4, 0.5) is 4.79 Å². The van der Waals surface area contributed by atoms with E-state index in [0.29, 0.717) is 19.6 Å². The molecule has 0 saturated carbocycles. The van der Waals surface area contributed by atoms with E-state index in [-0.39, 0.29) is 13.2 Å². The van der Waals surface area contributed by atoms with Gasteiger partial charge in [-0.1, -0.05) is 0 Å². The molecular formula is C11H23NO5. The lowest BCUT2D eigenvalue weighted by molar-refractivity contribution is -0.0204. The summed E-state index contributed by atoms with van der Waals surface area (Å²) in [5.41, 5.74) is -0.501. The van der Waals surface area contributed by atoms with Crippen LogP contribution in [0.1, 0.15) is 27.2 Å². The van der Waals surface area contributed by atoms with E-state index in [0.717, 1.165) is 0 Å². The van der Waals surface area contributed by atoms with E-state index in [9.17, 15) is 4.79 Å². The fourth-order valence-corrected chi connectivity index (χ4v) is 0.990. The monoisotopic (exact) mass is 249 g/mol. The van der Waals surface area contributed by atoms with Crippen LogP contribution in [0, 0.1) is 0 Å². The Morgan fingerprint density at radius 1 is 1.29 bits per heavy atom. The fourth-order valence-electron chi connectivity index (χ4n) is 0.990. The molecule has 0 rings (SSSR count). The average Bonchev–Trinajstić information content (AvgIpc) is 2.21. The molecule has 1 amide bonds. The highest BCUT2D eigenvalue weighted by atomic mass is 16.6. The zero-order chi connectivity index (χ0) is 13.3. The molecule has 0 radical (unpaired) electrons. The molecule has 0 aromatic rings. The van der Waals surface area contributed by atoms with Gasteiger partial charge in [0, 0.05) is 13.2 Å². The quantitative estimate of drug-likeness (QED) is 0.564. The van der Waals surface area contributed by atoms with E-state index in [2.05, 4.69) is 5.32 Å². The number of nitrogens with one attached hydrogen (secondary N) is 1. The van der Waals surface area contributed by atoms with Crippen LogP contribution in [0.5, 0.6) is 0 Å². The second-order valence-electron chi connectivity index (χ2n) is 4.64. The standard InChI is InChI=1S/C11H23NO5/c1-11(2,3)17-10(15)12-5-4-6-16-9(7-13)8-14/h9,13-14H,4-8H2,1-3H3,(H,12,15). The predicted octanol–water partition coefficient (Wildman–Crippen LogP) is 0.271. The Hall–Kier alpha value is -0.850. The van der Waals surface area contributed by atoms with Crippen LogP contribution >= 0.6 is 0 Å². The van der Waals surface area contributed by atoms with E-state index in [4.69, 9.17) is 19.7 Å². The molecule has 0 aliphatic rings. The summed E-state index contributed by atoms with van der Waals surface area (Å²) in [6.07, 6.45) is -0.412. The van der Waals surface area contributed by atoms with Crippen LogP contribution in [0.25, 0.3) is 0 Å². The van der Waals surface area contributed by atoms with Crippen molar-refractivity contribution in [2.45, 2.75) is 38.9 Å². The van der Waals surface area contributed by atoms with Crippen molar-refractivity contribution in [1.29, 1.82) is 0 Å². The van der Waals surface area contributed by atoms with E-state index in [1.54, 1.807) is 20.8 Å². The SMILES string of the molecule is CC(C)(C)OC(=O)NCCCOC(CO)CO. The maximum atomic E-state index is 11.2. The number of alkyl carbamates (subject to hydrolysis) is 1. The van der Waals surface area contributed by atoms with Crippen molar-refractivity contribution in [2.24, 2.45) is 0 Å². The Morgan fingerprint density at radius 3 is 2.35 bits per heavy atom. The molecule has 0 aliphatic carbocycles. The van der Waals surface area contributed by atoms with Gasteiger partial charge in [0.1, 0.15) is 11.7 Å². The summed E-state index contributed by atoms with van der Waals surface area (Å²) in [4.78, 5) is 11.2. The molecule has 6 heteroatoms. The molecule has 0 fully saturated rings. The summed E-state index contributed by atoms with van der Waals surface area (Å²) < 4.78 is 10.2. The third kappa shape index (κ3) is 10.0. The van der Waals surface area contributed by atoms with E-state index < -0.39 is 17.8 Å². The van der Waals surface area contributed by atoms with Gasteiger partial charge < -0.3 is 25.0 Å². The lowest BCUT2D eigenvalue weighted by atomic mass is 10.2. The van der Waals surface area contributed by atoms with Gasteiger partial charge in [-0.15, -0.1) is 0 Å². The van der Waals surface area contributed by atoms with Crippen LogP contribution in [-0.4, -0.2) is 54.4 Å². The number of rotatable bonds is 7. The van der Waals surface area contributed by atoms with Gasteiger partial charge in [0.15, 0.2) is 0 Å². The van der Waals surface area contributed by atoms with Crippen molar-refractivity contribution in [2.75, 3.05) is 26.4 Å². The summed E-state index contributed by atoms with van der Waals surface area (Å²) in [5.74, 6) is 0. The minimum absolute atomic E-state index is 0.212. The molecule has 3 N–H and O–H groups in total. The van der Waals surface area contributed by atoms with Gasteiger partial charge in [-0.25, -0.2) is 4.79 Å². The smallest absolute Gasteiger partial charge is 0.407 e. The predicted molar refractivity (Wildman–Crippen MR) is 62.8 cm³/mol. The lowest BCUT2D eigenvalue weighted by Gasteiger charge is -2.19.